The molecule has 1 N–H and O–H groups in total. The molecule has 0 fully saturated rings. The highest BCUT2D eigenvalue weighted by Gasteiger charge is 2.05. The average molecular weight is 224 g/mol. The first-order valence-corrected chi connectivity index (χ1v) is 5.17. The van der Waals surface area contributed by atoms with E-state index >= 15 is 0 Å². The molecule has 1 aromatic rings. The molecule has 0 bridgehead atoms. The molecule has 0 saturated heterocycles. The predicted molar refractivity (Wildman–Crippen MR) is 63.0 cm³/mol. The smallest absolute Gasteiger partial charge is 0.243 e. The number of nitrogens with one attached hydrogen (secondary N) is 1. The Kier molecular flexibility index (Phi) is 4.37. The van der Waals surface area contributed by atoms with Crippen molar-refractivity contribution >= 4 is 17.5 Å². The Morgan fingerprint density at radius 2 is 2.40 bits per heavy atom. The molecule has 0 spiro atoms. The number of halogens is 1. The van der Waals surface area contributed by atoms with Gasteiger partial charge in [0.15, 0.2) is 0 Å². The molecule has 0 aliphatic rings. The standard InChI is InChI=1S/C12H14ClNO/c1-3-12(15)14-9(2)7-10-5-4-6-11(13)8-10/h3-6,8-9H,1,7H2,2H3,(H,14,15). The van der Waals surface area contributed by atoms with Crippen molar-refractivity contribution in [1.29, 1.82) is 0 Å². The molecule has 1 rings (SSSR count). The van der Waals surface area contributed by atoms with Gasteiger partial charge in [0.2, 0.25) is 5.91 Å². The van der Waals surface area contributed by atoms with Gasteiger partial charge in [-0.3, -0.25) is 4.79 Å². The Morgan fingerprint density at radius 1 is 1.67 bits per heavy atom. The molecular formula is C12H14ClNO. The maximum absolute atomic E-state index is 11.0. The van der Waals surface area contributed by atoms with E-state index in [9.17, 15) is 4.79 Å². The van der Waals surface area contributed by atoms with Crippen molar-refractivity contribution in [2.45, 2.75) is 19.4 Å². The molecule has 0 aromatic heterocycles. The first-order chi connectivity index (χ1) is 7.11. The number of rotatable bonds is 4. The molecule has 1 aromatic carbocycles. The lowest BCUT2D eigenvalue weighted by molar-refractivity contribution is -0.117. The van der Waals surface area contributed by atoms with Crippen LogP contribution in [-0.4, -0.2) is 11.9 Å². The third-order valence-electron chi connectivity index (χ3n) is 2.00. The summed E-state index contributed by atoms with van der Waals surface area (Å²) < 4.78 is 0. The van der Waals surface area contributed by atoms with Crippen molar-refractivity contribution in [3.8, 4) is 0 Å². The van der Waals surface area contributed by atoms with Crippen LogP contribution in [0.1, 0.15) is 12.5 Å². The summed E-state index contributed by atoms with van der Waals surface area (Å²) in [6.45, 7) is 5.35. The van der Waals surface area contributed by atoms with Crippen LogP contribution in [0.25, 0.3) is 0 Å². The summed E-state index contributed by atoms with van der Waals surface area (Å²) in [6.07, 6.45) is 2.04. The van der Waals surface area contributed by atoms with Crippen molar-refractivity contribution in [2.24, 2.45) is 0 Å². The maximum Gasteiger partial charge on any atom is 0.243 e. The number of benzene rings is 1. The topological polar surface area (TPSA) is 29.1 Å². The zero-order valence-corrected chi connectivity index (χ0v) is 9.42. The van der Waals surface area contributed by atoms with E-state index in [1.807, 2.05) is 31.2 Å². The Hall–Kier alpha value is -1.28. The molecular weight excluding hydrogens is 210 g/mol. The molecule has 15 heavy (non-hydrogen) atoms. The SMILES string of the molecule is C=CC(=O)NC(C)Cc1cccc(Cl)c1. The first-order valence-electron chi connectivity index (χ1n) is 4.79. The van der Waals surface area contributed by atoms with Crippen LogP contribution in [0, 0.1) is 0 Å². The molecule has 1 atom stereocenters. The minimum atomic E-state index is -0.149. The second-order valence-electron chi connectivity index (χ2n) is 3.45. The van der Waals surface area contributed by atoms with Crippen LogP contribution < -0.4 is 5.32 Å². The fourth-order valence-corrected chi connectivity index (χ4v) is 1.58. The van der Waals surface area contributed by atoms with E-state index in [0.29, 0.717) is 0 Å². The van der Waals surface area contributed by atoms with Crippen LogP contribution in [0.4, 0.5) is 0 Å². The highest BCUT2D eigenvalue weighted by atomic mass is 35.5. The highest BCUT2D eigenvalue weighted by molar-refractivity contribution is 6.30. The number of hydrogen-bond acceptors (Lipinski definition) is 1. The average Bonchev–Trinajstić information content (AvgIpc) is 2.17. The Labute approximate surface area is 94.9 Å². The van der Waals surface area contributed by atoms with E-state index in [-0.39, 0.29) is 11.9 Å². The van der Waals surface area contributed by atoms with Gasteiger partial charge in [-0.2, -0.15) is 0 Å². The van der Waals surface area contributed by atoms with E-state index in [2.05, 4.69) is 11.9 Å². The first kappa shape index (κ1) is 11.8. The summed E-state index contributed by atoms with van der Waals surface area (Å²) in [5.41, 5.74) is 1.11. The van der Waals surface area contributed by atoms with Crippen LogP contribution in [0.5, 0.6) is 0 Å². The Balaban J connectivity index is 2.54. The quantitative estimate of drug-likeness (QED) is 0.782. The van der Waals surface area contributed by atoms with Gasteiger partial charge >= 0.3 is 0 Å². The zero-order chi connectivity index (χ0) is 11.3. The normalized spacial score (nSPS) is 11.9. The van der Waals surface area contributed by atoms with Gasteiger partial charge in [0.1, 0.15) is 0 Å². The molecule has 0 saturated carbocycles. The van der Waals surface area contributed by atoms with Gasteiger partial charge in [-0.25, -0.2) is 0 Å². The molecule has 3 heteroatoms. The van der Waals surface area contributed by atoms with Crippen molar-refractivity contribution in [3.05, 3.63) is 47.5 Å². The fourth-order valence-electron chi connectivity index (χ4n) is 1.37. The van der Waals surface area contributed by atoms with Crippen LogP contribution in [0.2, 0.25) is 5.02 Å². The van der Waals surface area contributed by atoms with Gasteiger partial charge in [-0.15, -0.1) is 0 Å². The molecule has 0 radical (unpaired) electrons. The van der Waals surface area contributed by atoms with E-state index in [1.165, 1.54) is 6.08 Å². The number of carbonyl (C=O) groups excluding carboxylic acids is 1. The van der Waals surface area contributed by atoms with E-state index in [1.54, 1.807) is 0 Å². The Bertz CT molecular complexity index is 362. The summed E-state index contributed by atoms with van der Waals surface area (Å²) in [4.78, 5) is 11.0. The summed E-state index contributed by atoms with van der Waals surface area (Å²) in [5.74, 6) is -0.149. The van der Waals surface area contributed by atoms with Gasteiger partial charge in [-0.1, -0.05) is 30.3 Å². The van der Waals surface area contributed by atoms with Gasteiger partial charge in [0.05, 0.1) is 0 Å². The van der Waals surface area contributed by atoms with Gasteiger partial charge in [-0.05, 0) is 37.1 Å². The molecule has 80 valence electrons. The van der Waals surface area contributed by atoms with Gasteiger partial charge in [0, 0.05) is 11.1 Å². The lowest BCUT2D eigenvalue weighted by Crippen LogP contribution is -2.32. The minimum Gasteiger partial charge on any atom is -0.350 e. The third kappa shape index (κ3) is 4.17. The second kappa shape index (κ2) is 5.56. The summed E-state index contributed by atoms with van der Waals surface area (Å²) in [5, 5.41) is 3.51. The molecule has 0 aliphatic carbocycles. The molecule has 2 nitrogen and oxygen atoms in total. The third-order valence-corrected chi connectivity index (χ3v) is 2.24. The Morgan fingerprint density at radius 3 is 3.00 bits per heavy atom. The summed E-state index contributed by atoms with van der Waals surface area (Å²) in [6, 6.07) is 7.70. The fraction of sp³-hybridized carbons (Fsp3) is 0.250. The van der Waals surface area contributed by atoms with Crippen LogP contribution in [-0.2, 0) is 11.2 Å². The molecule has 0 aliphatic heterocycles. The molecule has 0 heterocycles. The van der Waals surface area contributed by atoms with Crippen LogP contribution >= 0.6 is 11.6 Å². The molecule has 1 unspecified atom stereocenters. The van der Waals surface area contributed by atoms with Crippen LogP contribution in [0.3, 0.4) is 0 Å². The highest BCUT2D eigenvalue weighted by Crippen LogP contribution is 2.12. The number of hydrogen-bond donors (Lipinski definition) is 1. The number of carbonyl (C=O) groups is 1. The number of amides is 1. The zero-order valence-electron chi connectivity index (χ0n) is 8.66. The largest absolute Gasteiger partial charge is 0.350 e. The van der Waals surface area contributed by atoms with E-state index in [0.717, 1.165) is 17.0 Å². The van der Waals surface area contributed by atoms with Gasteiger partial charge < -0.3 is 5.32 Å². The monoisotopic (exact) mass is 223 g/mol. The lowest BCUT2D eigenvalue weighted by Gasteiger charge is -2.12. The molecule has 1 amide bonds. The van der Waals surface area contributed by atoms with Crippen molar-refractivity contribution in [1.82, 2.24) is 5.32 Å². The predicted octanol–water partition coefficient (Wildman–Crippen LogP) is 2.57. The van der Waals surface area contributed by atoms with E-state index < -0.39 is 0 Å². The van der Waals surface area contributed by atoms with E-state index in [4.69, 9.17) is 11.6 Å². The van der Waals surface area contributed by atoms with Gasteiger partial charge in [0.25, 0.3) is 0 Å². The summed E-state index contributed by atoms with van der Waals surface area (Å²) >= 11 is 5.86. The summed E-state index contributed by atoms with van der Waals surface area (Å²) in [7, 11) is 0. The van der Waals surface area contributed by atoms with Crippen molar-refractivity contribution < 1.29 is 4.79 Å². The van der Waals surface area contributed by atoms with Crippen molar-refractivity contribution in [2.75, 3.05) is 0 Å². The van der Waals surface area contributed by atoms with Crippen LogP contribution in [0.15, 0.2) is 36.9 Å². The van der Waals surface area contributed by atoms with Crippen molar-refractivity contribution in [3.63, 3.8) is 0 Å². The maximum atomic E-state index is 11.0. The minimum absolute atomic E-state index is 0.0777. The lowest BCUT2D eigenvalue weighted by atomic mass is 10.1. The second-order valence-corrected chi connectivity index (χ2v) is 3.88.